The van der Waals surface area contributed by atoms with Crippen molar-refractivity contribution in [2.75, 3.05) is 44.3 Å². The van der Waals surface area contributed by atoms with Gasteiger partial charge in [-0.15, -0.1) is 0 Å². The normalized spacial score (nSPS) is 20.6. The Morgan fingerprint density at radius 3 is 2.78 bits per heavy atom. The molecule has 0 saturated carbocycles. The molecule has 1 amide bonds. The average molecular weight is 366 g/mol. The van der Waals surface area contributed by atoms with Crippen molar-refractivity contribution >= 4 is 11.6 Å². The molecular weight excluding hydrogens is 340 g/mol. The van der Waals surface area contributed by atoms with E-state index in [2.05, 4.69) is 44.4 Å². The number of hydrogen-bond acceptors (Lipinski definition) is 5. The fourth-order valence-electron chi connectivity index (χ4n) is 3.76. The number of ether oxygens (including phenoxy) is 1. The lowest BCUT2D eigenvalue weighted by Crippen LogP contribution is -2.38. The van der Waals surface area contributed by atoms with Crippen LogP contribution < -0.4 is 10.2 Å². The third kappa shape index (κ3) is 4.64. The number of benzene rings is 1. The van der Waals surface area contributed by atoms with Crippen LogP contribution in [0.4, 0.5) is 5.69 Å². The zero-order valence-electron chi connectivity index (χ0n) is 15.5. The minimum absolute atomic E-state index is 0.0864. The summed E-state index contributed by atoms with van der Waals surface area (Å²) in [6.07, 6.45) is 2.69. The maximum atomic E-state index is 12.7. The summed E-state index contributed by atoms with van der Waals surface area (Å²) in [5, 5.41) is 3.15. The second-order valence-corrected chi connectivity index (χ2v) is 7.18. The Balaban J connectivity index is 1.33. The van der Waals surface area contributed by atoms with Crippen molar-refractivity contribution < 1.29 is 9.53 Å². The molecule has 2 aliphatic heterocycles. The molecular formula is C21H26N4O2. The van der Waals surface area contributed by atoms with Gasteiger partial charge in [-0.25, -0.2) is 0 Å². The van der Waals surface area contributed by atoms with E-state index in [1.165, 1.54) is 5.56 Å². The van der Waals surface area contributed by atoms with Gasteiger partial charge in [0.1, 0.15) is 5.69 Å². The van der Waals surface area contributed by atoms with E-state index in [0.717, 1.165) is 58.0 Å². The van der Waals surface area contributed by atoms with E-state index in [9.17, 15) is 4.79 Å². The van der Waals surface area contributed by atoms with Crippen LogP contribution in [0, 0.1) is 0 Å². The van der Waals surface area contributed by atoms with Gasteiger partial charge in [-0.2, -0.15) is 0 Å². The second-order valence-electron chi connectivity index (χ2n) is 7.18. The van der Waals surface area contributed by atoms with Gasteiger partial charge in [-0.05, 0) is 24.1 Å². The number of nitrogens with one attached hydrogen (secondary N) is 1. The number of nitrogens with zero attached hydrogens (tertiary/aromatic N) is 3. The average Bonchev–Trinajstić information content (AvgIpc) is 3.16. The predicted molar refractivity (Wildman–Crippen MR) is 105 cm³/mol. The third-order valence-electron chi connectivity index (χ3n) is 5.21. The lowest BCUT2D eigenvalue weighted by molar-refractivity contribution is 0.0932. The number of carbonyl (C=O) groups is 1. The topological polar surface area (TPSA) is 57.7 Å². The Kier molecular flexibility index (Phi) is 5.65. The van der Waals surface area contributed by atoms with Gasteiger partial charge in [-0.1, -0.05) is 30.3 Å². The molecule has 3 heterocycles. The number of aromatic nitrogens is 1. The van der Waals surface area contributed by atoms with Crippen molar-refractivity contribution in [1.29, 1.82) is 0 Å². The summed E-state index contributed by atoms with van der Waals surface area (Å²) in [5.74, 6) is -0.0864. The first-order chi connectivity index (χ1) is 13.3. The van der Waals surface area contributed by atoms with Gasteiger partial charge in [0.2, 0.25) is 0 Å². The van der Waals surface area contributed by atoms with Crippen LogP contribution in [0.15, 0.2) is 48.7 Å². The SMILES string of the molecule is O=C(N[C@@H]1CCN(Cc2ccccc2)C1)c1cc(N2CCOCC2)ccn1. The van der Waals surface area contributed by atoms with Crippen LogP contribution in [0.3, 0.4) is 0 Å². The third-order valence-corrected chi connectivity index (χ3v) is 5.21. The number of carbonyl (C=O) groups excluding carboxylic acids is 1. The van der Waals surface area contributed by atoms with E-state index in [-0.39, 0.29) is 11.9 Å². The zero-order chi connectivity index (χ0) is 18.5. The summed E-state index contributed by atoms with van der Waals surface area (Å²) in [5.41, 5.74) is 2.83. The van der Waals surface area contributed by atoms with E-state index < -0.39 is 0 Å². The van der Waals surface area contributed by atoms with Crippen LogP contribution in [0.2, 0.25) is 0 Å². The van der Waals surface area contributed by atoms with Gasteiger partial charge < -0.3 is 15.0 Å². The lowest BCUT2D eigenvalue weighted by Gasteiger charge is -2.28. The zero-order valence-corrected chi connectivity index (χ0v) is 15.5. The molecule has 1 aromatic carbocycles. The molecule has 2 fully saturated rings. The molecule has 0 aliphatic carbocycles. The minimum atomic E-state index is -0.0864. The first-order valence-electron chi connectivity index (χ1n) is 9.64. The number of hydrogen-bond donors (Lipinski definition) is 1. The molecule has 2 saturated heterocycles. The van der Waals surface area contributed by atoms with Crippen molar-refractivity contribution in [3.63, 3.8) is 0 Å². The number of likely N-dealkylation sites (tertiary alicyclic amines) is 1. The standard InChI is InChI=1S/C21H26N4O2/c26-21(20-14-19(6-8-22-20)25-10-12-27-13-11-25)23-18-7-9-24(16-18)15-17-4-2-1-3-5-17/h1-6,8,14,18H,7,9-13,15-16H2,(H,23,26)/t18-/m1/s1. The largest absolute Gasteiger partial charge is 0.378 e. The molecule has 142 valence electrons. The molecule has 0 unspecified atom stereocenters. The van der Waals surface area contributed by atoms with E-state index in [4.69, 9.17) is 4.74 Å². The van der Waals surface area contributed by atoms with E-state index in [1.807, 2.05) is 18.2 Å². The molecule has 6 heteroatoms. The summed E-state index contributed by atoms with van der Waals surface area (Å²) >= 11 is 0. The lowest BCUT2D eigenvalue weighted by atomic mass is 10.2. The maximum absolute atomic E-state index is 12.7. The van der Waals surface area contributed by atoms with Crippen LogP contribution in [-0.2, 0) is 11.3 Å². The number of pyridine rings is 1. The molecule has 2 aliphatic rings. The smallest absolute Gasteiger partial charge is 0.270 e. The van der Waals surface area contributed by atoms with Gasteiger partial charge in [0.15, 0.2) is 0 Å². The highest BCUT2D eigenvalue weighted by Gasteiger charge is 2.25. The van der Waals surface area contributed by atoms with Crippen LogP contribution in [0.5, 0.6) is 0 Å². The highest BCUT2D eigenvalue weighted by Crippen LogP contribution is 2.17. The number of amides is 1. The summed E-state index contributed by atoms with van der Waals surface area (Å²) in [7, 11) is 0. The Morgan fingerprint density at radius 1 is 1.15 bits per heavy atom. The van der Waals surface area contributed by atoms with Gasteiger partial charge in [0, 0.05) is 50.6 Å². The molecule has 4 rings (SSSR count). The number of rotatable bonds is 5. The quantitative estimate of drug-likeness (QED) is 0.876. The molecule has 0 bridgehead atoms. The number of anilines is 1. The number of morpholine rings is 1. The summed E-state index contributed by atoms with van der Waals surface area (Å²) in [6.45, 7) is 5.96. The van der Waals surface area contributed by atoms with Crippen molar-refractivity contribution in [3.8, 4) is 0 Å². The molecule has 2 aromatic rings. The van der Waals surface area contributed by atoms with E-state index >= 15 is 0 Å². The predicted octanol–water partition coefficient (Wildman–Crippen LogP) is 1.92. The molecule has 1 aromatic heterocycles. The van der Waals surface area contributed by atoms with Crippen LogP contribution >= 0.6 is 0 Å². The van der Waals surface area contributed by atoms with Gasteiger partial charge in [-0.3, -0.25) is 14.7 Å². The molecule has 1 atom stereocenters. The van der Waals surface area contributed by atoms with Gasteiger partial charge in [0.25, 0.3) is 5.91 Å². The molecule has 6 nitrogen and oxygen atoms in total. The molecule has 27 heavy (non-hydrogen) atoms. The Morgan fingerprint density at radius 2 is 1.96 bits per heavy atom. The minimum Gasteiger partial charge on any atom is -0.378 e. The van der Waals surface area contributed by atoms with Gasteiger partial charge >= 0.3 is 0 Å². The molecule has 1 N–H and O–H groups in total. The van der Waals surface area contributed by atoms with Crippen LogP contribution in [0.25, 0.3) is 0 Å². The Labute approximate surface area is 160 Å². The fourth-order valence-corrected chi connectivity index (χ4v) is 3.76. The first kappa shape index (κ1) is 17.9. The van der Waals surface area contributed by atoms with Crippen molar-refractivity contribution in [2.24, 2.45) is 0 Å². The highest BCUT2D eigenvalue weighted by molar-refractivity contribution is 5.93. The van der Waals surface area contributed by atoms with Crippen LogP contribution in [0.1, 0.15) is 22.5 Å². The maximum Gasteiger partial charge on any atom is 0.270 e. The monoisotopic (exact) mass is 366 g/mol. The van der Waals surface area contributed by atoms with E-state index in [0.29, 0.717) is 5.69 Å². The summed E-state index contributed by atoms with van der Waals surface area (Å²) < 4.78 is 5.40. The first-order valence-corrected chi connectivity index (χ1v) is 9.64. The van der Waals surface area contributed by atoms with E-state index in [1.54, 1.807) is 6.20 Å². The Bertz CT molecular complexity index is 762. The summed E-state index contributed by atoms with van der Waals surface area (Å²) in [6, 6.07) is 14.5. The molecule has 0 radical (unpaired) electrons. The summed E-state index contributed by atoms with van der Waals surface area (Å²) in [4.78, 5) is 21.6. The van der Waals surface area contributed by atoms with Crippen molar-refractivity contribution in [1.82, 2.24) is 15.2 Å². The Hall–Kier alpha value is -2.44. The van der Waals surface area contributed by atoms with Crippen molar-refractivity contribution in [3.05, 3.63) is 59.9 Å². The van der Waals surface area contributed by atoms with Gasteiger partial charge in [0.05, 0.1) is 13.2 Å². The fraction of sp³-hybridized carbons (Fsp3) is 0.429. The molecule has 0 spiro atoms. The second kappa shape index (κ2) is 8.50. The van der Waals surface area contributed by atoms with Crippen LogP contribution in [-0.4, -0.2) is 61.2 Å². The van der Waals surface area contributed by atoms with Crippen molar-refractivity contribution in [2.45, 2.75) is 19.0 Å². The highest BCUT2D eigenvalue weighted by atomic mass is 16.5.